The minimum atomic E-state index is 0.410. The van der Waals surface area contributed by atoms with E-state index < -0.39 is 0 Å². The van der Waals surface area contributed by atoms with Crippen molar-refractivity contribution in [1.29, 1.82) is 0 Å². The third kappa shape index (κ3) is 2.57. The summed E-state index contributed by atoms with van der Waals surface area (Å²) < 4.78 is 0. The molecular weight excluding hydrogens is 272 g/mol. The van der Waals surface area contributed by atoms with Crippen molar-refractivity contribution >= 4 is 10.9 Å². The Kier molecular flexibility index (Phi) is 3.52. The molecular formula is C18H18N4. The van der Waals surface area contributed by atoms with Gasteiger partial charge >= 0.3 is 0 Å². The zero-order valence-electron chi connectivity index (χ0n) is 12.4. The van der Waals surface area contributed by atoms with Crippen LogP contribution < -0.4 is 0 Å². The van der Waals surface area contributed by atoms with Crippen LogP contribution in [0.15, 0.2) is 55.1 Å². The predicted octanol–water partition coefficient (Wildman–Crippen LogP) is 3.36. The lowest BCUT2D eigenvalue weighted by Gasteiger charge is -2.24. The Balaban J connectivity index is 1.58. The molecule has 0 amide bonds. The van der Waals surface area contributed by atoms with Crippen molar-refractivity contribution in [3.8, 4) is 0 Å². The Hall–Kier alpha value is -2.33. The van der Waals surface area contributed by atoms with Crippen LogP contribution >= 0.6 is 0 Å². The van der Waals surface area contributed by atoms with Crippen molar-refractivity contribution in [1.82, 2.24) is 19.9 Å². The van der Waals surface area contributed by atoms with Crippen molar-refractivity contribution in [3.05, 3.63) is 66.4 Å². The molecule has 0 aliphatic carbocycles. The first-order valence-electron chi connectivity index (χ1n) is 7.74. The van der Waals surface area contributed by atoms with Gasteiger partial charge in [0.2, 0.25) is 0 Å². The monoisotopic (exact) mass is 290 g/mol. The summed E-state index contributed by atoms with van der Waals surface area (Å²) in [5.74, 6) is 0. The van der Waals surface area contributed by atoms with E-state index in [9.17, 15) is 0 Å². The zero-order chi connectivity index (χ0) is 14.8. The number of benzene rings is 1. The zero-order valence-corrected chi connectivity index (χ0v) is 12.4. The largest absolute Gasteiger partial charge is 0.291 e. The number of pyridine rings is 1. The molecule has 1 aliphatic rings. The molecule has 0 N–H and O–H groups in total. The molecule has 4 heteroatoms. The molecule has 0 saturated carbocycles. The Morgan fingerprint density at radius 3 is 3.00 bits per heavy atom. The van der Waals surface area contributed by atoms with Crippen LogP contribution in [-0.4, -0.2) is 26.4 Å². The van der Waals surface area contributed by atoms with E-state index in [0.29, 0.717) is 6.04 Å². The summed E-state index contributed by atoms with van der Waals surface area (Å²) in [5.41, 5.74) is 3.52. The van der Waals surface area contributed by atoms with Crippen LogP contribution in [0.1, 0.15) is 30.1 Å². The van der Waals surface area contributed by atoms with Gasteiger partial charge in [-0.1, -0.05) is 12.1 Å². The molecule has 1 atom stereocenters. The van der Waals surface area contributed by atoms with Crippen LogP contribution in [0.5, 0.6) is 0 Å². The Morgan fingerprint density at radius 2 is 2.09 bits per heavy atom. The van der Waals surface area contributed by atoms with Gasteiger partial charge in [-0.2, -0.15) is 0 Å². The number of hydrogen-bond donors (Lipinski definition) is 0. The van der Waals surface area contributed by atoms with Crippen molar-refractivity contribution in [3.63, 3.8) is 0 Å². The van der Waals surface area contributed by atoms with Crippen LogP contribution in [0.4, 0.5) is 0 Å². The molecule has 1 fully saturated rings. The van der Waals surface area contributed by atoms with Gasteiger partial charge in [0.05, 0.1) is 17.3 Å². The third-order valence-corrected chi connectivity index (χ3v) is 4.36. The number of nitrogens with zero attached hydrogens (tertiary/aromatic N) is 4. The standard InChI is InChI=1S/C18H18N4/c1-3-15-11-14(5-6-16(15)20-8-1)12-22-10-2-4-18(22)17-7-9-19-13-21-17/h1,3,5-9,11,13,18H,2,4,10,12H2/t18-/m1/s1. The number of fused-ring (bicyclic) bond motifs is 1. The average molecular weight is 290 g/mol. The van der Waals surface area contributed by atoms with Crippen LogP contribution in [0.3, 0.4) is 0 Å². The maximum atomic E-state index is 4.44. The number of rotatable bonds is 3. The number of aromatic nitrogens is 3. The molecule has 1 aliphatic heterocycles. The molecule has 0 radical (unpaired) electrons. The Morgan fingerprint density at radius 1 is 1.09 bits per heavy atom. The Bertz CT molecular complexity index is 772. The molecule has 0 spiro atoms. The van der Waals surface area contributed by atoms with E-state index in [-0.39, 0.29) is 0 Å². The van der Waals surface area contributed by atoms with Crippen LogP contribution in [0.25, 0.3) is 10.9 Å². The van der Waals surface area contributed by atoms with E-state index in [2.05, 4.69) is 44.1 Å². The molecule has 4 nitrogen and oxygen atoms in total. The number of likely N-dealkylation sites (tertiary alicyclic amines) is 1. The lowest BCUT2D eigenvalue weighted by molar-refractivity contribution is 0.244. The van der Waals surface area contributed by atoms with E-state index >= 15 is 0 Å². The second kappa shape index (κ2) is 5.81. The second-order valence-corrected chi connectivity index (χ2v) is 5.79. The number of hydrogen-bond acceptors (Lipinski definition) is 4. The average Bonchev–Trinajstić information content (AvgIpc) is 3.04. The lowest BCUT2D eigenvalue weighted by atomic mass is 10.1. The minimum Gasteiger partial charge on any atom is -0.291 e. The molecule has 1 saturated heterocycles. The van der Waals surface area contributed by atoms with Gasteiger partial charge < -0.3 is 0 Å². The summed E-state index contributed by atoms with van der Waals surface area (Å²) in [4.78, 5) is 15.4. The van der Waals surface area contributed by atoms with E-state index in [0.717, 1.165) is 24.3 Å². The van der Waals surface area contributed by atoms with Crippen molar-refractivity contribution < 1.29 is 0 Å². The predicted molar refractivity (Wildman–Crippen MR) is 86.2 cm³/mol. The molecule has 0 unspecified atom stereocenters. The quantitative estimate of drug-likeness (QED) is 0.741. The molecule has 110 valence electrons. The summed E-state index contributed by atoms with van der Waals surface area (Å²) in [6.45, 7) is 2.08. The first-order valence-corrected chi connectivity index (χ1v) is 7.74. The van der Waals surface area contributed by atoms with Gasteiger partial charge in [0, 0.05) is 24.3 Å². The first-order chi connectivity index (χ1) is 10.9. The normalized spacial score (nSPS) is 18.8. The van der Waals surface area contributed by atoms with Gasteiger partial charge in [0.1, 0.15) is 6.33 Å². The fourth-order valence-electron chi connectivity index (χ4n) is 3.31. The first kappa shape index (κ1) is 13.3. The van der Waals surface area contributed by atoms with Gasteiger partial charge in [-0.25, -0.2) is 9.97 Å². The van der Waals surface area contributed by atoms with Crippen molar-refractivity contribution in [2.24, 2.45) is 0 Å². The highest BCUT2D eigenvalue weighted by atomic mass is 15.2. The van der Waals surface area contributed by atoms with Gasteiger partial charge in [-0.05, 0) is 49.2 Å². The maximum Gasteiger partial charge on any atom is 0.115 e. The highest BCUT2D eigenvalue weighted by molar-refractivity contribution is 5.78. The van der Waals surface area contributed by atoms with Gasteiger partial charge in [0.25, 0.3) is 0 Å². The molecule has 1 aromatic carbocycles. The van der Waals surface area contributed by atoms with Gasteiger partial charge in [-0.15, -0.1) is 0 Å². The van der Waals surface area contributed by atoms with E-state index in [1.165, 1.54) is 23.8 Å². The lowest BCUT2D eigenvalue weighted by Crippen LogP contribution is -2.23. The van der Waals surface area contributed by atoms with E-state index in [1.807, 2.05) is 24.5 Å². The van der Waals surface area contributed by atoms with Gasteiger partial charge in [0.15, 0.2) is 0 Å². The summed E-state index contributed by atoms with van der Waals surface area (Å²) in [6.07, 6.45) is 7.72. The molecule has 4 rings (SSSR count). The molecule has 2 aromatic heterocycles. The summed E-state index contributed by atoms with van der Waals surface area (Å²) in [7, 11) is 0. The topological polar surface area (TPSA) is 41.9 Å². The summed E-state index contributed by atoms with van der Waals surface area (Å²) >= 11 is 0. The van der Waals surface area contributed by atoms with E-state index in [4.69, 9.17) is 0 Å². The van der Waals surface area contributed by atoms with E-state index in [1.54, 1.807) is 6.33 Å². The van der Waals surface area contributed by atoms with Crippen molar-refractivity contribution in [2.75, 3.05) is 6.54 Å². The summed E-state index contributed by atoms with van der Waals surface area (Å²) in [6, 6.07) is 13.1. The highest BCUT2D eigenvalue weighted by Crippen LogP contribution is 2.32. The fraction of sp³-hybridized carbons (Fsp3) is 0.278. The third-order valence-electron chi connectivity index (χ3n) is 4.36. The van der Waals surface area contributed by atoms with Crippen molar-refractivity contribution in [2.45, 2.75) is 25.4 Å². The Labute approximate surface area is 129 Å². The fourth-order valence-corrected chi connectivity index (χ4v) is 3.31. The van der Waals surface area contributed by atoms with Crippen LogP contribution in [0, 0.1) is 0 Å². The minimum absolute atomic E-state index is 0.410. The second-order valence-electron chi connectivity index (χ2n) is 5.79. The highest BCUT2D eigenvalue weighted by Gasteiger charge is 2.26. The molecule has 22 heavy (non-hydrogen) atoms. The SMILES string of the molecule is c1cnc2ccc(CN3CCC[C@@H]3c3ccncn3)cc2c1. The smallest absolute Gasteiger partial charge is 0.115 e. The van der Waals surface area contributed by atoms with Gasteiger partial charge in [-0.3, -0.25) is 9.88 Å². The molecule has 0 bridgehead atoms. The maximum absolute atomic E-state index is 4.44. The molecule has 3 heterocycles. The molecule has 3 aromatic rings. The van der Waals surface area contributed by atoms with Crippen LogP contribution in [-0.2, 0) is 6.54 Å². The van der Waals surface area contributed by atoms with Crippen LogP contribution in [0.2, 0.25) is 0 Å². The summed E-state index contributed by atoms with van der Waals surface area (Å²) in [5, 5.41) is 1.21.